The number of H-pyrrole nitrogens is 1. The molecule has 1 atom stereocenters. The second-order valence-corrected chi connectivity index (χ2v) is 3.87. The Morgan fingerprint density at radius 2 is 2.24 bits per heavy atom. The van der Waals surface area contributed by atoms with Crippen molar-refractivity contribution in [2.45, 2.75) is 6.92 Å². The number of hydrogen-bond acceptors (Lipinski definition) is 2. The summed E-state index contributed by atoms with van der Waals surface area (Å²) >= 11 is 0. The molecule has 1 unspecified atom stereocenters. The van der Waals surface area contributed by atoms with E-state index in [2.05, 4.69) is 10.3 Å². The SMILES string of the molecule is CC(CN)C(=O)Nc1cccc2[nH]ccc12.Cl. The fraction of sp³-hybridized carbons (Fsp3) is 0.250. The van der Waals surface area contributed by atoms with E-state index in [9.17, 15) is 4.79 Å². The number of rotatable bonds is 3. The van der Waals surface area contributed by atoms with Gasteiger partial charge in [0.2, 0.25) is 5.91 Å². The summed E-state index contributed by atoms with van der Waals surface area (Å²) in [6, 6.07) is 7.70. The molecule has 0 fully saturated rings. The number of hydrogen-bond donors (Lipinski definition) is 3. The van der Waals surface area contributed by atoms with Crippen molar-refractivity contribution >= 4 is 34.9 Å². The highest BCUT2D eigenvalue weighted by Gasteiger charge is 2.12. The van der Waals surface area contributed by atoms with Gasteiger partial charge < -0.3 is 16.0 Å². The van der Waals surface area contributed by atoms with Crippen molar-refractivity contribution < 1.29 is 4.79 Å². The summed E-state index contributed by atoms with van der Waals surface area (Å²) < 4.78 is 0. The van der Waals surface area contributed by atoms with Crippen LogP contribution >= 0.6 is 12.4 Å². The zero-order valence-electron chi connectivity index (χ0n) is 9.57. The van der Waals surface area contributed by atoms with Gasteiger partial charge in [-0.25, -0.2) is 0 Å². The van der Waals surface area contributed by atoms with Gasteiger partial charge in [0.25, 0.3) is 0 Å². The first-order chi connectivity index (χ1) is 7.72. The summed E-state index contributed by atoms with van der Waals surface area (Å²) in [4.78, 5) is 14.8. The van der Waals surface area contributed by atoms with Crippen LogP contribution in [0.3, 0.4) is 0 Å². The van der Waals surface area contributed by atoms with Gasteiger partial charge in [0.15, 0.2) is 0 Å². The predicted octanol–water partition coefficient (Wildman–Crippen LogP) is 2.12. The smallest absolute Gasteiger partial charge is 0.228 e. The van der Waals surface area contributed by atoms with E-state index in [-0.39, 0.29) is 24.2 Å². The summed E-state index contributed by atoms with van der Waals surface area (Å²) in [5.74, 6) is -0.217. The molecule has 1 aromatic heterocycles. The third-order valence-corrected chi connectivity index (χ3v) is 2.65. The number of aromatic amines is 1. The summed E-state index contributed by atoms with van der Waals surface area (Å²) in [5, 5.41) is 3.90. The number of nitrogens with one attached hydrogen (secondary N) is 2. The molecule has 4 N–H and O–H groups in total. The zero-order chi connectivity index (χ0) is 11.5. The van der Waals surface area contributed by atoms with Gasteiger partial charge >= 0.3 is 0 Å². The molecule has 1 amide bonds. The molecule has 4 nitrogen and oxygen atoms in total. The Morgan fingerprint density at radius 1 is 1.47 bits per heavy atom. The second kappa shape index (κ2) is 5.70. The lowest BCUT2D eigenvalue weighted by molar-refractivity contribution is -0.119. The Bertz CT molecular complexity index is 509. The van der Waals surface area contributed by atoms with Crippen molar-refractivity contribution in [2.24, 2.45) is 11.7 Å². The largest absolute Gasteiger partial charge is 0.361 e. The first-order valence-corrected chi connectivity index (χ1v) is 5.29. The highest BCUT2D eigenvalue weighted by atomic mass is 35.5. The second-order valence-electron chi connectivity index (χ2n) is 3.87. The number of halogens is 1. The molecule has 92 valence electrons. The minimum Gasteiger partial charge on any atom is -0.361 e. The lowest BCUT2D eigenvalue weighted by Crippen LogP contribution is -2.26. The van der Waals surface area contributed by atoms with E-state index in [4.69, 9.17) is 5.73 Å². The molecule has 2 aromatic rings. The van der Waals surface area contributed by atoms with Gasteiger partial charge in [-0.3, -0.25) is 4.79 Å². The minimum absolute atomic E-state index is 0. The van der Waals surface area contributed by atoms with Gasteiger partial charge in [-0.1, -0.05) is 13.0 Å². The molecule has 5 heteroatoms. The number of aromatic nitrogens is 1. The van der Waals surface area contributed by atoms with Crippen molar-refractivity contribution in [2.75, 3.05) is 11.9 Å². The van der Waals surface area contributed by atoms with Crippen LogP contribution in [0, 0.1) is 5.92 Å². The van der Waals surface area contributed by atoms with Crippen LogP contribution in [-0.4, -0.2) is 17.4 Å². The van der Waals surface area contributed by atoms with Crippen molar-refractivity contribution in [3.05, 3.63) is 30.5 Å². The molecule has 0 aliphatic rings. The number of carbonyl (C=O) groups is 1. The van der Waals surface area contributed by atoms with Crippen LogP contribution in [0.1, 0.15) is 6.92 Å². The molecule has 0 spiro atoms. The topological polar surface area (TPSA) is 70.9 Å². The summed E-state index contributed by atoms with van der Waals surface area (Å²) in [5.41, 5.74) is 7.29. The van der Waals surface area contributed by atoms with Crippen LogP contribution in [0.5, 0.6) is 0 Å². The normalized spacial score (nSPS) is 11.9. The monoisotopic (exact) mass is 253 g/mol. The van der Waals surface area contributed by atoms with Gasteiger partial charge in [0, 0.05) is 29.6 Å². The van der Waals surface area contributed by atoms with Crippen LogP contribution in [-0.2, 0) is 4.79 Å². The molecule has 0 bridgehead atoms. The molecule has 1 aromatic carbocycles. The molecule has 0 aliphatic carbocycles. The molecule has 1 heterocycles. The van der Waals surface area contributed by atoms with E-state index >= 15 is 0 Å². The minimum atomic E-state index is -0.172. The number of nitrogens with two attached hydrogens (primary N) is 1. The van der Waals surface area contributed by atoms with Gasteiger partial charge in [0.1, 0.15) is 0 Å². The Morgan fingerprint density at radius 3 is 2.94 bits per heavy atom. The summed E-state index contributed by atoms with van der Waals surface area (Å²) in [7, 11) is 0. The highest BCUT2D eigenvalue weighted by molar-refractivity contribution is 6.01. The third-order valence-electron chi connectivity index (χ3n) is 2.65. The number of fused-ring (bicyclic) bond motifs is 1. The average Bonchev–Trinajstić information content (AvgIpc) is 2.77. The van der Waals surface area contributed by atoms with E-state index in [1.807, 2.05) is 37.4 Å². The van der Waals surface area contributed by atoms with Crippen molar-refractivity contribution in [1.82, 2.24) is 4.98 Å². The highest BCUT2D eigenvalue weighted by Crippen LogP contribution is 2.22. The zero-order valence-corrected chi connectivity index (χ0v) is 10.4. The summed E-state index contributed by atoms with van der Waals surface area (Å²) in [6.45, 7) is 2.17. The Hall–Kier alpha value is -1.52. The maximum atomic E-state index is 11.7. The van der Waals surface area contributed by atoms with Crippen LogP contribution < -0.4 is 11.1 Å². The maximum absolute atomic E-state index is 11.7. The molecule has 0 radical (unpaired) electrons. The maximum Gasteiger partial charge on any atom is 0.228 e. The fourth-order valence-corrected chi connectivity index (χ4v) is 1.56. The number of anilines is 1. The standard InChI is InChI=1S/C12H15N3O.ClH/c1-8(7-13)12(16)15-11-4-2-3-10-9(11)5-6-14-10;/h2-6,8,14H,7,13H2,1H3,(H,15,16);1H. The lowest BCUT2D eigenvalue weighted by Gasteiger charge is -2.10. The Balaban J connectivity index is 0.00000144. The van der Waals surface area contributed by atoms with Crippen LogP contribution in [0.25, 0.3) is 10.9 Å². The third kappa shape index (κ3) is 2.78. The molecule has 2 rings (SSSR count). The van der Waals surface area contributed by atoms with Crippen molar-refractivity contribution in [1.29, 1.82) is 0 Å². The van der Waals surface area contributed by atoms with Gasteiger partial charge in [-0.2, -0.15) is 0 Å². The lowest BCUT2D eigenvalue weighted by atomic mass is 10.1. The van der Waals surface area contributed by atoms with E-state index in [1.165, 1.54) is 0 Å². The first-order valence-electron chi connectivity index (χ1n) is 5.29. The average molecular weight is 254 g/mol. The fourth-order valence-electron chi connectivity index (χ4n) is 1.56. The van der Waals surface area contributed by atoms with E-state index in [0.717, 1.165) is 16.6 Å². The van der Waals surface area contributed by atoms with E-state index < -0.39 is 0 Å². The Kier molecular flexibility index (Phi) is 4.54. The van der Waals surface area contributed by atoms with Crippen molar-refractivity contribution in [3.8, 4) is 0 Å². The van der Waals surface area contributed by atoms with Crippen LogP contribution in [0.15, 0.2) is 30.5 Å². The molecular weight excluding hydrogens is 238 g/mol. The first kappa shape index (κ1) is 13.5. The number of benzene rings is 1. The quantitative estimate of drug-likeness (QED) is 0.784. The van der Waals surface area contributed by atoms with Crippen molar-refractivity contribution in [3.63, 3.8) is 0 Å². The van der Waals surface area contributed by atoms with Crippen LogP contribution in [0.2, 0.25) is 0 Å². The van der Waals surface area contributed by atoms with Crippen LogP contribution in [0.4, 0.5) is 5.69 Å². The van der Waals surface area contributed by atoms with Gasteiger partial charge in [-0.05, 0) is 18.2 Å². The molecule has 0 aliphatic heterocycles. The van der Waals surface area contributed by atoms with Gasteiger partial charge in [0.05, 0.1) is 5.69 Å². The molecular formula is C12H16ClN3O. The predicted molar refractivity (Wildman–Crippen MR) is 72.4 cm³/mol. The number of amides is 1. The summed E-state index contributed by atoms with van der Waals surface area (Å²) in [6.07, 6.45) is 1.85. The van der Waals surface area contributed by atoms with Gasteiger partial charge in [-0.15, -0.1) is 12.4 Å². The molecule has 17 heavy (non-hydrogen) atoms. The Labute approximate surface area is 106 Å². The van der Waals surface area contributed by atoms with E-state index in [1.54, 1.807) is 0 Å². The molecule has 0 saturated heterocycles. The molecule has 0 saturated carbocycles. The number of carbonyl (C=O) groups excluding carboxylic acids is 1. The van der Waals surface area contributed by atoms with E-state index in [0.29, 0.717) is 6.54 Å².